The Morgan fingerprint density at radius 3 is 2.62 bits per heavy atom. The van der Waals surface area contributed by atoms with Gasteiger partial charge in [0.25, 0.3) is 0 Å². The zero-order valence-electron chi connectivity index (χ0n) is 17.2. The number of aromatic nitrogens is 2. The van der Waals surface area contributed by atoms with Crippen LogP contribution in [-0.4, -0.2) is 80.2 Å². The fourth-order valence-corrected chi connectivity index (χ4v) is 3.19. The van der Waals surface area contributed by atoms with Gasteiger partial charge in [0.2, 0.25) is 0 Å². The van der Waals surface area contributed by atoms with Crippen LogP contribution >= 0.6 is 11.6 Å². The first-order valence-electron chi connectivity index (χ1n) is 9.69. The van der Waals surface area contributed by atoms with Crippen LogP contribution in [-0.2, 0) is 11.3 Å². The lowest BCUT2D eigenvalue weighted by atomic mass is 10.1. The molecule has 0 spiro atoms. The smallest absolute Gasteiger partial charge is 0.409 e. The minimum Gasteiger partial charge on any atom is -0.446 e. The van der Waals surface area contributed by atoms with E-state index >= 15 is 0 Å². The Hall–Kier alpha value is -3.25. The van der Waals surface area contributed by atoms with Crippen LogP contribution in [0.25, 0.3) is 0 Å². The zero-order chi connectivity index (χ0) is 23.3. The van der Waals surface area contributed by atoms with E-state index in [1.54, 1.807) is 23.4 Å². The normalized spacial score (nSPS) is 16.2. The average Bonchev–Trinajstić information content (AvgIpc) is 3.12. The molecule has 1 aliphatic rings. The average molecular weight is 469 g/mol. The van der Waals surface area contributed by atoms with Gasteiger partial charge in [0.05, 0.1) is 25.8 Å². The Morgan fingerprint density at radius 2 is 2.03 bits per heavy atom. The number of benzene rings is 1. The third-order valence-corrected chi connectivity index (χ3v) is 4.98. The first-order chi connectivity index (χ1) is 15.1. The van der Waals surface area contributed by atoms with Crippen molar-refractivity contribution < 1.29 is 24.0 Å². The molecule has 0 radical (unpaired) electrons. The summed E-state index contributed by atoms with van der Waals surface area (Å²) in [6.07, 6.45) is 2.13. The standard InChI is InChI=1S/C19H22ClFN6O5/c1-19(29,12-25-11-16(27(30)31)23-17(25)20)13-32-18(28)24-6-8-26(9-7-24)22-10-14-2-4-15(21)5-3-14/h2-5,10-11,29H,6-9,12-13H2,1H3/t19-/m1/s1. The predicted molar refractivity (Wildman–Crippen MR) is 113 cm³/mol. The molecular formula is C19H22ClFN6O5. The van der Waals surface area contributed by atoms with E-state index in [0.29, 0.717) is 26.2 Å². The molecule has 0 saturated carbocycles. The molecular weight excluding hydrogens is 447 g/mol. The first kappa shape index (κ1) is 23.4. The minimum atomic E-state index is -1.52. The Labute approximate surface area is 187 Å². The maximum absolute atomic E-state index is 12.9. The van der Waals surface area contributed by atoms with Gasteiger partial charge >= 0.3 is 17.2 Å². The maximum Gasteiger partial charge on any atom is 0.409 e. The Kier molecular flexibility index (Phi) is 7.26. The van der Waals surface area contributed by atoms with Gasteiger partial charge in [-0.3, -0.25) is 9.58 Å². The fourth-order valence-electron chi connectivity index (χ4n) is 2.99. The molecule has 172 valence electrons. The molecule has 3 rings (SSSR count). The molecule has 2 aromatic rings. The van der Waals surface area contributed by atoms with Gasteiger partial charge in [-0.1, -0.05) is 12.1 Å². The number of hydrogen-bond acceptors (Lipinski definition) is 8. The van der Waals surface area contributed by atoms with E-state index in [1.807, 2.05) is 0 Å². The van der Waals surface area contributed by atoms with Crippen LogP contribution in [0.5, 0.6) is 0 Å². The van der Waals surface area contributed by atoms with Gasteiger partial charge in [0, 0.05) is 13.1 Å². The van der Waals surface area contributed by atoms with E-state index in [4.69, 9.17) is 16.3 Å². The summed E-state index contributed by atoms with van der Waals surface area (Å²) in [7, 11) is 0. The number of nitrogens with zero attached hydrogens (tertiary/aromatic N) is 6. The number of halogens is 2. The molecule has 1 N–H and O–H groups in total. The van der Waals surface area contributed by atoms with E-state index in [9.17, 15) is 24.4 Å². The molecule has 11 nitrogen and oxygen atoms in total. The second-order valence-electron chi connectivity index (χ2n) is 7.54. The number of piperazine rings is 1. The van der Waals surface area contributed by atoms with Gasteiger partial charge in [-0.15, -0.1) is 0 Å². The molecule has 2 heterocycles. The number of aliphatic hydroxyl groups is 1. The molecule has 1 aromatic heterocycles. The third-order valence-electron chi connectivity index (χ3n) is 4.67. The van der Waals surface area contributed by atoms with Gasteiger partial charge in [-0.25, -0.2) is 9.18 Å². The molecule has 1 saturated heterocycles. The summed E-state index contributed by atoms with van der Waals surface area (Å²) in [5.41, 5.74) is -0.756. The highest BCUT2D eigenvalue weighted by atomic mass is 35.5. The summed E-state index contributed by atoms with van der Waals surface area (Å²) in [6, 6.07) is 5.94. The highest BCUT2D eigenvalue weighted by Crippen LogP contribution is 2.19. The Morgan fingerprint density at radius 1 is 1.38 bits per heavy atom. The Balaban J connectivity index is 1.45. The number of carbonyl (C=O) groups excluding carboxylic acids is 1. The van der Waals surface area contributed by atoms with Gasteiger partial charge in [0.1, 0.15) is 24.2 Å². The van der Waals surface area contributed by atoms with Crippen molar-refractivity contribution in [3.63, 3.8) is 0 Å². The van der Waals surface area contributed by atoms with Gasteiger partial charge in [0.15, 0.2) is 0 Å². The van der Waals surface area contributed by atoms with E-state index in [2.05, 4.69) is 10.1 Å². The van der Waals surface area contributed by atoms with E-state index in [0.717, 1.165) is 11.8 Å². The number of rotatable bonds is 7. The third kappa shape index (κ3) is 6.37. The molecule has 1 amide bonds. The van der Waals surface area contributed by atoms with Gasteiger partial charge in [-0.05, 0) is 46.1 Å². The molecule has 0 aliphatic carbocycles. The molecule has 32 heavy (non-hydrogen) atoms. The quantitative estimate of drug-likeness (QED) is 0.374. The zero-order valence-corrected chi connectivity index (χ0v) is 18.0. The number of carbonyl (C=O) groups is 1. The summed E-state index contributed by atoms with van der Waals surface area (Å²) < 4.78 is 19.4. The molecule has 1 aliphatic heterocycles. The summed E-state index contributed by atoms with van der Waals surface area (Å²) >= 11 is 5.85. The second-order valence-corrected chi connectivity index (χ2v) is 7.88. The number of hydrazone groups is 1. The topological polar surface area (TPSA) is 126 Å². The van der Waals surface area contributed by atoms with Crippen LogP contribution in [0.15, 0.2) is 35.6 Å². The molecule has 0 unspecified atom stereocenters. The molecule has 0 bridgehead atoms. The number of nitro groups is 1. The van der Waals surface area contributed by atoms with Gasteiger partial charge in [-0.2, -0.15) is 5.10 Å². The van der Waals surface area contributed by atoms with Crippen LogP contribution in [0.1, 0.15) is 12.5 Å². The molecule has 1 fully saturated rings. The number of amides is 1. The summed E-state index contributed by atoms with van der Waals surface area (Å²) in [5.74, 6) is -0.759. The van der Waals surface area contributed by atoms with Crippen LogP contribution < -0.4 is 0 Å². The predicted octanol–water partition coefficient (Wildman–Crippen LogP) is 2.12. The fraction of sp³-hybridized carbons (Fsp3) is 0.421. The van der Waals surface area contributed by atoms with Crippen molar-refractivity contribution in [1.29, 1.82) is 0 Å². The summed E-state index contributed by atoms with van der Waals surface area (Å²) in [6.45, 7) is 2.66. The lowest BCUT2D eigenvalue weighted by molar-refractivity contribution is -0.389. The van der Waals surface area contributed by atoms with Crippen LogP contribution in [0.2, 0.25) is 5.28 Å². The van der Waals surface area contributed by atoms with Crippen molar-refractivity contribution in [2.24, 2.45) is 5.10 Å². The van der Waals surface area contributed by atoms with Crippen LogP contribution in [0.3, 0.4) is 0 Å². The highest BCUT2D eigenvalue weighted by molar-refractivity contribution is 6.28. The van der Waals surface area contributed by atoms with Crippen molar-refractivity contribution in [3.05, 3.63) is 57.2 Å². The van der Waals surface area contributed by atoms with E-state index < -0.39 is 22.4 Å². The number of hydrogen-bond donors (Lipinski definition) is 1. The monoisotopic (exact) mass is 468 g/mol. The summed E-state index contributed by atoms with van der Waals surface area (Å²) in [4.78, 5) is 27.5. The SMILES string of the molecule is C[C@](O)(COC(=O)N1CCN(N=Cc2ccc(F)cc2)CC1)Cn1cc([N+](=O)[O-])nc1Cl. The van der Waals surface area contributed by atoms with Crippen molar-refractivity contribution in [2.75, 3.05) is 32.8 Å². The van der Waals surface area contributed by atoms with E-state index in [-0.39, 0.29) is 24.3 Å². The lowest BCUT2D eigenvalue weighted by Gasteiger charge is -2.33. The van der Waals surface area contributed by atoms with Gasteiger partial charge < -0.3 is 24.9 Å². The van der Waals surface area contributed by atoms with Crippen molar-refractivity contribution in [1.82, 2.24) is 19.5 Å². The lowest BCUT2D eigenvalue weighted by Crippen LogP contribution is -2.48. The number of imidazole rings is 1. The maximum atomic E-state index is 12.9. The highest BCUT2D eigenvalue weighted by Gasteiger charge is 2.29. The minimum absolute atomic E-state index is 0.147. The molecule has 13 heteroatoms. The number of ether oxygens (including phenoxy) is 1. The van der Waals surface area contributed by atoms with Crippen molar-refractivity contribution in [2.45, 2.75) is 19.1 Å². The second kappa shape index (κ2) is 9.92. The Bertz CT molecular complexity index is 989. The summed E-state index contributed by atoms with van der Waals surface area (Å²) in [5, 5.41) is 27.2. The van der Waals surface area contributed by atoms with Crippen LogP contribution in [0.4, 0.5) is 15.0 Å². The molecule has 1 aromatic carbocycles. The molecule has 1 atom stereocenters. The largest absolute Gasteiger partial charge is 0.446 e. The van der Waals surface area contributed by atoms with Crippen molar-refractivity contribution >= 4 is 29.7 Å². The van der Waals surface area contributed by atoms with Crippen LogP contribution in [0, 0.1) is 15.9 Å². The first-order valence-corrected chi connectivity index (χ1v) is 10.1. The van der Waals surface area contributed by atoms with Crippen molar-refractivity contribution in [3.8, 4) is 0 Å². The van der Waals surface area contributed by atoms with E-state index in [1.165, 1.54) is 28.5 Å².